The van der Waals surface area contributed by atoms with Gasteiger partial charge in [-0.3, -0.25) is 4.79 Å². The van der Waals surface area contributed by atoms with Gasteiger partial charge in [0, 0.05) is 17.0 Å². The van der Waals surface area contributed by atoms with Crippen molar-refractivity contribution in [3.8, 4) is 5.75 Å². The molecule has 0 saturated carbocycles. The van der Waals surface area contributed by atoms with E-state index in [1.807, 2.05) is 12.1 Å². The predicted molar refractivity (Wildman–Crippen MR) is 77.9 cm³/mol. The molecular weight excluding hydrogens is 254 g/mol. The van der Waals surface area contributed by atoms with Crippen LogP contribution in [0, 0.1) is 5.41 Å². The monoisotopic (exact) mass is 277 g/mol. The van der Waals surface area contributed by atoms with Crippen LogP contribution >= 0.6 is 0 Å². The maximum atomic E-state index is 11.2. The lowest BCUT2D eigenvalue weighted by atomic mass is 9.81. The van der Waals surface area contributed by atoms with Crippen LogP contribution in [0.2, 0.25) is 0 Å². The van der Waals surface area contributed by atoms with Gasteiger partial charge in [0.25, 0.3) is 0 Å². The first-order valence-corrected chi connectivity index (χ1v) is 6.90. The first kappa shape index (κ1) is 14.9. The van der Waals surface area contributed by atoms with Crippen LogP contribution in [0.1, 0.15) is 51.3 Å². The predicted octanol–water partition coefficient (Wildman–Crippen LogP) is 2.86. The maximum absolute atomic E-state index is 11.2. The van der Waals surface area contributed by atoms with Gasteiger partial charge in [-0.15, -0.1) is 0 Å². The van der Waals surface area contributed by atoms with Gasteiger partial charge in [-0.25, -0.2) is 0 Å². The lowest BCUT2D eigenvalue weighted by Gasteiger charge is -2.24. The minimum Gasteiger partial charge on any atom is -0.492 e. The highest BCUT2D eigenvalue weighted by Gasteiger charge is 2.34. The van der Waals surface area contributed by atoms with Crippen molar-refractivity contribution in [3.05, 3.63) is 29.3 Å². The number of nitrogens with two attached hydrogens (primary N) is 1. The summed E-state index contributed by atoms with van der Waals surface area (Å²) >= 11 is 0. The summed E-state index contributed by atoms with van der Waals surface area (Å²) in [7, 11) is 0. The maximum Gasteiger partial charge on any atom is 0.309 e. The summed E-state index contributed by atoms with van der Waals surface area (Å²) < 4.78 is 5.65. The van der Waals surface area contributed by atoms with Crippen LogP contribution in [-0.2, 0) is 10.2 Å². The van der Waals surface area contributed by atoms with Crippen molar-refractivity contribution in [2.24, 2.45) is 11.1 Å². The average molecular weight is 277 g/mol. The summed E-state index contributed by atoms with van der Waals surface area (Å²) in [4.78, 5) is 11.2. The first-order chi connectivity index (χ1) is 9.13. The lowest BCUT2D eigenvalue weighted by Crippen LogP contribution is -2.29. The number of ether oxygens (including phenoxy) is 1. The molecule has 1 aromatic carbocycles. The third-order valence-corrected chi connectivity index (χ3v) is 4.06. The number of carboxylic acids is 1. The third-order valence-electron chi connectivity index (χ3n) is 4.06. The van der Waals surface area contributed by atoms with Gasteiger partial charge in [-0.1, -0.05) is 19.9 Å². The Morgan fingerprint density at radius 3 is 2.75 bits per heavy atom. The fourth-order valence-corrected chi connectivity index (χ4v) is 2.52. The van der Waals surface area contributed by atoms with Crippen molar-refractivity contribution in [2.45, 2.75) is 45.6 Å². The summed E-state index contributed by atoms with van der Waals surface area (Å²) in [6, 6.07) is 5.64. The van der Waals surface area contributed by atoms with Gasteiger partial charge in [-0.05, 0) is 38.0 Å². The fraction of sp³-hybridized carbons (Fsp3) is 0.562. The van der Waals surface area contributed by atoms with Crippen LogP contribution in [0.3, 0.4) is 0 Å². The van der Waals surface area contributed by atoms with Gasteiger partial charge >= 0.3 is 5.97 Å². The molecule has 1 aromatic rings. The Kier molecular flexibility index (Phi) is 3.54. The summed E-state index contributed by atoms with van der Waals surface area (Å²) in [5, 5.41) is 9.20. The second-order valence-corrected chi connectivity index (χ2v) is 6.93. The SMILES string of the molecule is CC(C)(CC(N)c1ccc2c(c1)C(C)(C)CO2)C(=O)O. The molecule has 20 heavy (non-hydrogen) atoms. The van der Waals surface area contributed by atoms with Gasteiger partial charge in [0.1, 0.15) is 5.75 Å². The summed E-state index contributed by atoms with van der Waals surface area (Å²) in [5.74, 6) is 0.0845. The fourth-order valence-electron chi connectivity index (χ4n) is 2.52. The van der Waals surface area contributed by atoms with E-state index >= 15 is 0 Å². The molecule has 0 amide bonds. The van der Waals surface area contributed by atoms with Crippen LogP contribution in [0.5, 0.6) is 5.75 Å². The Bertz CT molecular complexity index is 535. The summed E-state index contributed by atoms with van der Waals surface area (Å²) in [5.41, 5.74) is 7.47. The average Bonchev–Trinajstić information content (AvgIpc) is 2.64. The molecule has 0 bridgehead atoms. The molecule has 0 aliphatic carbocycles. The van der Waals surface area contributed by atoms with Gasteiger partial charge in [0.2, 0.25) is 0 Å². The van der Waals surface area contributed by atoms with E-state index in [0.717, 1.165) is 16.9 Å². The van der Waals surface area contributed by atoms with E-state index in [2.05, 4.69) is 19.9 Å². The van der Waals surface area contributed by atoms with E-state index in [1.54, 1.807) is 13.8 Å². The van der Waals surface area contributed by atoms with E-state index in [4.69, 9.17) is 10.5 Å². The highest BCUT2D eigenvalue weighted by Crippen LogP contribution is 2.40. The Morgan fingerprint density at radius 1 is 1.50 bits per heavy atom. The van der Waals surface area contributed by atoms with Gasteiger partial charge < -0.3 is 15.6 Å². The Balaban J connectivity index is 2.25. The van der Waals surface area contributed by atoms with E-state index in [-0.39, 0.29) is 11.5 Å². The van der Waals surface area contributed by atoms with E-state index < -0.39 is 11.4 Å². The molecule has 4 heteroatoms. The molecule has 1 unspecified atom stereocenters. The number of aliphatic carboxylic acids is 1. The van der Waals surface area contributed by atoms with Crippen molar-refractivity contribution in [1.82, 2.24) is 0 Å². The Hall–Kier alpha value is -1.55. The number of fused-ring (bicyclic) bond motifs is 1. The lowest BCUT2D eigenvalue weighted by molar-refractivity contribution is -0.147. The second-order valence-electron chi connectivity index (χ2n) is 6.93. The van der Waals surface area contributed by atoms with Crippen molar-refractivity contribution >= 4 is 5.97 Å². The molecule has 3 N–H and O–H groups in total. The van der Waals surface area contributed by atoms with Gasteiger partial charge in [0.05, 0.1) is 12.0 Å². The Labute approximate surface area is 119 Å². The number of hydrogen-bond acceptors (Lipinski definition) is 3. The minimum atomic E-state index is -0.829. The minimum absolute atomic E-state index is 0.0205. The molecule has 0 aromatic heterocycles. The second kappa shape index (κ2) is 4.77. The standard InChI is InChI=1S/C16H23NO3/c1-15(2,14(18)19)8-12(17)10-5-6-13-11(7-10)16(3,4)9-20-13/h5-7,12H,8-9,17H2,1-4H3,(H,18,19). The molecule has 1 aliphatic rings. The van der Waals surface area contributed by atoms with Crippen LogP contribution in [0.25, 0.3) is 0 Å². The number of carboxylic acid groups (broad SMARTS) is 1. The van der Waals surface area contributed by atoms with Crippen LogP contribution < -0.4 is 10.5 Å². The molecule has 0 spiro atoms. The zero-order valence-corrected chi connectivity index (χ0v) is 12.6. The normalized spacial score (nSPS) is 18.2. The van der Waals surface area contributed by atoms with Gasteiger partial charge in [0.15, 0.2) is 0 Å². The van der Waals surface area contributed by atoms with Crippen LogP contribution in [-0.4, -0.2) is 17.7 Å². The summed E-state index contributed by atoms with van der Waals surface area (Å²) in [6.45, 7) is 8.34. The van der Waals surface area contributed by atoms with Crippen LogP contribution in [0.4, 0.5) is 0 Å². The molecule has 110 valence electrons. The van der Waals surface area contributed by atoms with Gasteiger partial charge in [-0.2, -0.15) is 0 Å². The van der Waals surface area contributed by atoms with Crippen molar-refractivity contribution in [2.75, 3.05) is 6.61 Å². The van der Waals surface area contributed by atoms with Crippen LogP contribution in [0.15, 0.2) is 18.2 Å². The van der Waals surface area contributed by atoms with Crippen molar-refractivity contribution < 1.29 is 14.6 Å². The third kappa shape index (κ3) is 2.66. The molecular formula is C16H23NO3. The molecule has 1 aliphatic heterocycles. The van der Waals surface area contributed by atoms with Crippen molar-refractivity contribution in [3.63, 3.8) is 0 Å². The zero-order valence-electron chi connectivity index (χ0n) is 12.6. The molecule has 0 saturated heterocycles. The molecule has 2 rings (SSSR count). The van der Waals surface area contributed by atoms with E-state index in [1.165, 1.54) is 0 Å². The summed E-state index contributed by atoms with van der Waals surface area (Å²) in [6.07, 6.45) is 0.405. The number of carbonyl (C=O) groups is 1. The number of benzene rings is 1. The highest BCUT2D eigenvalue weighted by atomic mass is 16.5. The Morgan fingerprint density at radius 2 is 2.15 bits per heavy atom. The zero-order chi connectivity index (χ0) is 15.1. The molecule has 0 radical (unpaired) electrons. The van der Waals surface area contributed by atoms with Crippen molar-refractivity contribution in [1.29, 1.82) is 0 Å². The first-order valence-electron chi connectivity index (χ1n) is 6.90. The van der Waals surface area contributed by atoms with E-state index in [9.17, 15) is 9.90 Å². The molecule has 0 fully saturated rings. The topological polar surface area (TPSA) is 72.5 Å². The molecule has 4 nitrogen and oxygen atoms in total. The quantitative estimate of drug-likeness (QED) is 0.887. The number of rotatable bonds is 4. The number of hydrogen-bond donors (Lipinski definition) is 2. The molecule has 1 heterocycles. The highest BCUT2D eigenvalue weighted by molar-refractivity contribution is 5.73. The van der Waals surface area contributed by atoms with E-state index in [0.29, 0.717) is 13.0 Å². The smallest absolute Gasteiger partial charge is 0.309 e. The largest absolute Gasteiger partial charge is 0.492 e. The molecule has 1 atom stereocenters.